The van der Waals surface area contributed by atoms with Crippen LogP contribution in [-0.4, -0.2) is 49.1 Å². The van der Waals surface area contributed by atoms with Crippen molar-refractivity contribution in [2.75, 3.05) is 20.2 Å². The van der Waals surface area contributed by atoms with Crippen LogP contribution < -0.4 is 20.7 Å². The first-order valence-electron chi connectivity index (χ1n) is 12.4. The van der Waals surface area contributed by atoms with Crippen molar-refractivity contribution < 1.29 is 14.3 Å². The average molecular weight is 466 g/mol. The lowest BCUT2D eigenvalue weighted by Gasteiger charge is -2.27. The zero-order chi connectivity index (χ0) is 23.9. The van der Waals surface area contributed by atoms with Crippen molar-refractivity contribution in [2.45, 2.75) is 63.5 Å². The summed E-state index contributed by atoms with van der Waals surface area (Å²) >= 11 is 0. The summed E-state index contributed by atoms with van der Waals surface area (Å²) in [6.07, 6.45) is 7.90. The Morgan fingerprint density at radius 3 is 2.68 bits per heavy atom. The lowest BCUT2D eigenvalue weighted by Crippen LogP contribution is -2.50. The van der Waals surface area contributed by atoms with Crippen LogP contribution in [0.1, 0.15) is 61.9 Å². The number of aromatic nitrogens is 1. The Morgan fingerprint density at radius 2 is 1.97 bits per heavy atom. The third-order valence-electron chi connectivity index (χ3n) is 7.21. The predicted octanol–water partition coefficient (Wildman–Crippen LogP) is 3.25. The fourth-order valence-corrected chi connectivity index (χ4v) is 5.32. The topological polar surface area (TPSA) is 119 Å². The molecule has 2 amide bonds. The maximum Gasteiger partial charge on any atom is 0.268 e. The second kappa shape index (κ2) is 11.4. The van der Waals surface area contributed by atoms with E-state index in [1.54, 1.807) is 13.2 Å². The molecule has 2 fully saturated rings. The minimum atomic E-state index is -0.679. The van der Waals surface area contributed by atoms with Crippen molar-refractivity contribution in [3.05, 3.63) is 30.0 Å². The zero-order valence-electron chi connectivity index (χ0n) is 19.9. The molecule has 1 saturated carbocycles. The second-order valence-electron chi connectivity index (χ2n) is 9.66. The van der Waals surface area contributed by atoms with E-state index in [0.717, 1.165) is 56.1 Å². The molecule has 34 heavy (non-hydrogen) atoms. The number of hydrogen-bond acceptors (Lipinski definition) is 5. The van der Waals surface area contributed by atoms with Crippen molar-refractivity contribution in [3.8, 4) is 11.8 Å². The predicted molar refractivity (Wildman–Crippen MR) is 130 cm³/mol. The Morgan fingerprint density at radius 1 is 1.15 bits per heavy atom. The van der Waals surface area contributed by atoms with Crippen LogP contribution in [0.4, 0.5) is 0 Å². The summed E-state index contributed by atoms with van der Waals surface area (Å²) in [4.78, 5) is 29.6. The van der Waals surface area contributed by atoms with Gasteiger partial charge in [-0.2, -0.15) is 5.26 Å². The molecule has 2 aliphatic rings. The average Bonchev–Trinajstić information content (AvgIpc) is 3.53. The number of methoxy groups -OCH3 is 1. The van der Waals surface area contributed by atoms with E-state index in [2.05, 4.69) is 27.0 Å². The Labute approximate surface area is 200 Å². The number of amides is 2. The van der Waals surface area contributed by atoms with Crippen LogP contribution in [0.15, 0.2) is 24.3 Å². The summed E-state index contributed by atoms with van der Waals surface area (Å²) in [5.41, 5.74) is 1.18. The van der Waals surface area contributed by atoms with Gasteiger partial charge in [-0.1, -0.05) is 38.2 Å². The summed E-state index contributed by atoms with van der Waals surface area (Å²) in [7, 11) is 1.60. The Hall–Kier alpha value is -3.05. The van der Waals surface area contributed by atoms with Crippen LogP contribution in [0, 0.1) is 23.2 Å². The molecule has 1 aliphatic heterocycles. The molecule has 182 valence electrons. The summed E-state index contributed by atoms with van der Waals surface area (Å²) in [6, 6.07) is 8.35. The Kier molecular flexibility index (Phi) is 8.07. The number of H-pyrrole nitrogens is 1. The van der Waals surface area contributed by atoms with Gasteiger partial charge in [-0.3, -0.25) is 9.59 Å². The first kappa shape index (κ1) is 24.1. The maximum atomic E-state index is 13.3. The fraction of sp³-hybridized carbons (Fsp3) is 0.577. The van der Waals surface area contributed by atoms with Gasteiger partial charge in [0.1, 0.15) is 23.5 Å². The van der Waals surface area contributed by atoms with Gasteiger partial charge >= 0.3 is 0 Å². The van der Waals surface area contributed by atoms with Crippen molar-refractivity contribution in [1.82, 2.24) is 20.9 Å². The van der Waals surface area contributed by atoms with Crippen molar-refractivity contribution in [1.29, 1.82) is 5.26 Å². The minimum absolute atomic E-state index is 0.273. The Bertz CT molecular complexity index is 1030. The number of hydrogen-bond donors (Lipinski definition) is 4. The highest BCUT2D eigenvalue weighted by atomic mass is 16.5. The first-order valence-corrected chi connectivity index (χ1v) is 12.4. The van der Waals surface area contributed by atoms with Gasteiger partial charge in [-0.25, -0.2) is 0 Å². The van der Waals surface area contributed by atoms with Crippen LogP contribution in [0.5, 0.6) is 5.75 Å². The standard InChI is InChI=1S/C26H35N5O3/c1-34-24-9-5-8-21-20(24)14-23(30-21)26(33)31-22(13-17-6-3-2-4-7-17)25(32)29-19(15-27)12-18-10-11-28-16-18/h5,8-9,14,17-19,22,28,30H,2-4,6-7,10-13,16H2,1H3,(H,29,32)(H,31,33)/t18-,19-,22-/m0/s1. The molecule has 1 aromatic carbocycles. The van der Waals surface area contributed by atoms with Crippen LogP contribution in [0.2, 0.25) is 0 Å². The van der Waals surface area contributed by atoms with E-state index in [0.29, 0.717) is 36.1 Å². The molecular formula is C26H35N5O3. The highest BCUT2D eigenvalue weighted by Crippen LogP contribution is 2.28. The first-order chi connectivity index (χ1) is 16.6. The molecule has 3 atom stereocenters. The van der Waals surface area contributed by atoms with Gasteiger partial charge in [0, 0.05) is 10.9 Å². The normalized spacial score (nSPS) is 20.4. The van der Waals surface area contributed by atoms with E-state index >= 15 is 0 Å². The van der Waals surface area contributed by atoms with Gasteiger partial charge in [0.15, 0.2) is 0 Å². The van der Waals surface area contributed by atoms with Crippen LogP contribution in [-0.2, 0) is 4.79 Å². The molecule has 0 bridgehead atoms. The summed E-state index contributed by atoms with van der Waals surface area (Å²) in [5, 5.41) is 19.6. The van der Waals surface area contributed by atoms with Gasteiger partial charge in [0.05, 0.1) is 13.2 Å². The molecule has 0 unspecified atom stereocenters. The summed E-state index contributed by atoms with van der Waals surface area (Å²) in [5.74, 6) is 0.861. The van der Waals surface area contributed by atoms with Crippen molar-refractivity contribution >= 4 is 22.7 Å². The van der Waals surface area contributed by atoms with E-state index in [9.17, 15) is 14.9 Å². The van der Waals surface area contributed by atoms with Crippen LogP contribution >= 0.6 is 0 Å². The van der Waals surface area contributed by atoms with E-state index < -0.39 is 12.1 Å². The van der Waals surface area contributed by atoms with E-state index in [4.69, 9.17) is 4.74 Å². The quantitative estimate of drug-likeness (QED) is 0.453. The lowest BCUT2D eigenvalue weighted by molar-refractivity contribution is -0.124. The highest BCUT2D eigenvalue weighted by molar-refractivity contribution is 6.01. The number of carbonyl (C=O) groups excluding carboxylic acids is 2. The molecule has 8 heteroatoms. The Balaban J connectivity index is 1.47. The molecule has 2 aromatic rings. The van der Waals surface area contributed by atoms with E-state index in [-0.39, 0.29) is 11.8 Å². The van der Waals surface area contributed by atoms with Gasteiger partial charge in [0.25, 0.3) is 5.91 Å². The summed E-state index contributed by atoms with van der Waals surface area (Å²) < 4.78 is 5.40. The number of ether oxygens (including phenoxy) is 1. The van der Waals surface area contributed by atoms with Gasteiger partial charge in [-0.15, -0.1) is 0 Å². The molecule has 4 N–H and O–H groups in total. The fourth-order valence-electron chi connectivity index (χ4n) is 5.32. The SMILES string of the molecule is COc1cccc2[nH]c(C(=O)N[C@@H](CC3CCCCC3)C(=O)N[C@H](C#N)C[C@@H]3CCNC3)cc12. The number of nitrogens with one attached hydrogen (secondary N) is 4. The third-order valence-corrected chi connectivity index (χ3v) is 7.21. The number of fused-ring (bicyclic) bond motifs is 1. The second-order valence-corrected chi connectivity index (χ2v) is 9.66. The minimum Gasteiger partial charge on any atom is -0.496 e. The van der Waals surface area contributed by atoms with Crippen molar-refractivity contribution in [2.24, 2.45) is 11.8 Å². The molecular weight excluding hydrogens is 430 g/mol. The molecule has 0 spiro atoms. The maximum absolute atomic E-state index is 13.3. The number of benzene rings is 1. The molecule has 4 rings (SSSR count). The number of nitriles is 1. The molecule has 0 radical (unpaired) electrons. The molecule has 1 aromatic heterocycles. The molecule has 2 heterocycles. The van der Waals surface area contributed by atoms with Crippen LogP contribution in [0.25, 0.3) is 10.9 Å². The summed E-state index contributed by atoms with van der Waals surface area (Å²) in [6.45, 7) is 1.83. The van der Waals surface area contributed by atoms with Gasteiger partial charge in [0.2, 0.25) is 5.91 Å². The number of nitrogens with zero attached hydrogens (tertiary/aromatic N) is 1. The van der Waals surface area contributed by atoms with E-state index in [1.807, 2.05) is 18.2 Å². The lowest BCUT2D eigenvalue weighted by atomic mass is 9.84. The third kappa shape index (κ3) is 5.89. The highest BCUT2D eigenvalue weighted by Gasteiger charge is 2.29. The molecule has 8 nitrogen and oxygen atoms in total. The molecule has 1 saturated heterocycles. The smallest absolute Gasteiger partial charge is 0.268 e. The number of carbonyl (C=O) groups is 2. The zero-order valence-corrected chi connectivity index (χ0v) is 19.9. The van der Waals surface area contributed by atoms with Gasteiger partial charge < -0.3 is 25.7 Å². The van der Waals surface area contributed by atoms with E-state index in [1.165, 1.54) is 6.42 Å². The monoisotopic (exact) mass is 465 g/mol. The number of rotatable bonds is 9. The van der Waals surface area contributed by atoms with Crippen LogP contribution in [0.3, 0.4) is 0 Å². The number of aromatic amines is 1. The molecule has 1 aliphatic carbocycles. The van der Waals surface area contributed by atoms with Gasteiger partial charge in [-0.05, 0) is 62.4 Å². The van der Waals surface area contributed by atoms with Crippen molar-refractivity contribution in [3.63, 3.8) is 0 Å². The largest absolute Gasteiger partial charge is 0.496 e.